The molecule has 0 saturated heterocycles. The Bertz CT molecular complexity index is 658. The highest BCUT2D eigenvalue weighted by Gasteiger charge is 2.12. The van der Waals surface area contributed by atoms with E-state index in [0.717, 1.165) is 25.1 Å². The smallest absolute Gasteiger partial charge is 0.240 e. The van der Waals surface area contributed by atoms with Crippen LogP contribution in [0.15, 0.2) is 34.2 Å². The summed E-state index contributed by atoms with van der Waals surface area (Å²) in [4.78, 5) is 4.65. The fourth-order valence-corrected chi connectivity index (χ4v) is 3.17. The van der Waals surface area contributed by atoms with Gasteiger partial charge in [0.05, 0.1) is 18.0 Å². The molecule has 0 heterocycles. The number of sulfonamides is 1. The highest BCUT2D eigenvalue weighted by molar-refractivity contribution is 7.89. The third kappa shape index (κ3) is 10.3. The molecular formula is C19H34N4O3S. The van der Waals surface area contributed by atoms with E-state index >= 15 is 0 Å². The maximum absolute atomic E-state index is 12.2. The number of benzene rings is 1. The lowest BCUT2D eigenvalue weighted by Crippen LogP contribution is -2.39. The number of aryl methyl sites for hydroxylation is 1. The molecule has 0 atom stereocenters. The van der Waals surface area contributed by atoms with E-state index in [1.54, 1.807) is 24.3 Å². The van der Waals surface area contributed by atoms with Crippen LogP contribution in [0.4, 0.5) is 0 Å². The Morgan fingerprint density at radius 2 is 1.81 bits per heavy atom. The summed E-state index contributed by atoms with van der Waals surface area (Å²) in [6.07, 6.45) is 1.05. The number of hydrogen-bond acceptors (Lipinski definition) is 4. The van der Waals surface area contributed by atoms with E-state index in [1.807, 2.05) is 13.8 Å². The number of guanidine groups is 1. The van der Waals surface area contributed by atoms with Gasteiger partial charge < -0.3 is 15.4 Å². The number of rotatable bonds is 12. The molecule has 0 aliphatic heterocycles. The summed E-state index contributed by atoms with van der Waals surface area (Å²) in [6, 6.07) is 6.77. The maximum Gasteiger partial charge on any atom is 0.240 e. The van der Waals surface area contributed by atoms with Gasteiger partial charge in [0.2, 0.25) is 10.0 Å². The van der Waals surface area contributed by atoms with E-state index in [0.29, 0.717) is 31.6 Å². The van der Waals surface area contributed by atoms with Crippen molar-refractivity contribution < 1.29 is 13.2 Å². The highest BCUT2D eigenvalue weighted by Crippen LogP contribution is 2.09. The Hall–Kier alpha value is -1.64. The molecule has 7 nitrogen and oxygen atoms in total. The topological polar surface area (TPSA) is 91.8 Å². The molecule has 0 bridgehead atoms. The SMILES string of the molecule is CCNC(=NCCNS(=O)(=O)c1ccc(C)cc1)NCCOCCC(C)C. The molecule has 1 aromatic carbocycles. The summed E-state index contributed by atoms with van der Waals surface area (Å²) < 4.78 is 32.6. The molecule has 3 N–H and O–H groups in total. The molecular weight excluding hydrogens is 364 g/mol. The normalized spacial score (nSPS) is 12.4. The van der Waals surface area contributed by atoms with E-state index in [1.165, 1.54) is 0 Å². The number of aliphatic imine (C=N–C) groups is 1. The van der Waals surface area contributed by atoms with Crippen LogP contribution < -0.4 is 15.4 Å². The van der Waals surface area contributed by atoms with Crippen LogP contribution in [0, 0.1) is 12.8 Å². The van der Waals surface area contributed by atoms with Crippen LogP contribution >= 0.6 is 0 Å². The van der Waals surface area contributed by atoms with Gasteiger partial charge in [-0.05, 0) is 38.3 Å². The molecule has 1 rings (SSSR count). The van der Waals surface area contributed by atoms with Crippen LogP contribution in [-0.2, 0) is 14.8 Å². The quantitative estimate of drug-likeness (QED) is 0.284. The third-order valence-corrected chi connectivity index (χ3v) is 5.20. The van der Waals surface area contributed by atoms with Crippen LogP contribution in [0.2, 0.25) is 0 Å². The van der Waals surface area contributed by atoms with Gasteiger partial charge in [-0.3, -0.25) is 4.99 Å². The van der Waals surface area contributed by atoms with Crippen LogP contribution in [-0.4, -0.2) is 53.8 Å². The van der Waals surface area contributed by atoms with Crippen LogP contribution in [0.3, 0.4) is 0 Å². The molecule has 1 aromatic rings. The van der Waals surface area contributed by atoms with Crippen molar-refractivity contribution in [2.24, 2.45) is 10.9 Å². The molecule has 0 amide bonds. The lowest BCUT2D eigenvalue weighted by Gasteiger charge is -2.12. The molecule has 0 aliphatic rings. The van der Waals surface area contributed by atoms with Crippen molar-refractivity contribution in [1.29, 1.82) is 0 Å². The number of nitrogens with one attached hydrogen (secondary N) is 3. The van der Waals surface area contributed by atoms with E-state index in [-0.39, 0.29) is 11.4 Å². The molecule has 27 heavy (non-hydrogen) atoms. The second-order valence-electron chi connectivity index (χ2n) is 6.69. The molecule has 8 heteroatoms. The molecule has 0 fully saturated rings. The summed E-state index contributed by atoms with van der Waals surface area (Å²) >= 11 is 0. The monoisotopic (exact) mass is 398 g/mol. The van der Waals surface area contributed by atoms with E-state index < -0.39 is 10.0 Å². The summed E-state index contributed by atoms with van der Waals surface area (Å²) in [7, 11) is -3.50. The van der Waals surface area contributed by atoms with Gasteiger partial charge in [0.1, 0.15) is 0 Å². The first kappa shape index (κ1) is 23.4. The fourth-order valence-electron chi connectivity index (χ4n) is 2.15. The van der Waals surface area contributed by atoms with E-state index in [2.05, 4.69) is 34.2 Å². The second kappa shape index (κ2) is 12.7. The summed E-state index contributed by atoms with van der Waals surface area (Å²) in [6.45, 7) is 11.6. The molecule has 0 aromatic heterocycles. The maximum atomic E-state index is 12.2. The summed E-state index contributed by atoms with van der Waals surface area (Å²) in [5, 5.41) is 6.31. The van der Waals surface area contributed by atoms with Crippen molar-refractivity contribution in [3.8, 4) is 0 Å². The van der Waals surface area contributed by atoms with Gasteiger partial charge in [0.15, 0.2) is 5.96 Å². The minimum atomic E-state index is -3.50. The average molecular weight is 399 g/mol. The Kier molecular flexibility index (Phi) is 11.0. The molecule has 154 valence electrons. The summed E-state index contributed by atoms with van der Waals surface area (Å²) in [5.74, 6) is 1.29. The lowest BCUT2D eigenvalue weighted by molar-refractivity contribution is 0.128. The van der Waals surface area contributed by atoms with Gasteiger partial charge in [-0.1, -0.05) is 31.5 Å². The predicted molar refractivity (Wildman–Crippen MR) is 111 cm³/mol. The first-order valence-electron chi connectivity index (χ1n) is 9.51. The van der Waals surface area contributed by atoms with Crippen molar-refractivity contribution in [1.82, 2.24) is 15.4 Å². The van der Waals surface area contributed by atoms with Gasteiger partial charge in [0.25, 0.3) is 0 Å². The van der Waals surface area contributed by atoms with Crippen molar-refractivity contribution >= 4 is 16.0 Å². The van der Waals surface area contributed by atoms with Crippen LogP contribution in [0.25, 0.3) is 0 Å². The number of hydrogen-bond donors (Lipinski definition) is 3. The van der Waals surface area contributed by atoms with Crippen LogP contribution in [0.5, 0.6) is 0 Å². The first-order chi connectivity index (χ1) is 12.8. The molecule has 0 radical (unpaired) electrons. The van der Waals surface area contributed by atoms with Crippen molar-refractivity contribution in [3.63, 3.8) is 0 Å². The highest BCUT2D eigenvalue weighted by atomic mass is 32.2. The van der Waals surface area contributed by atoms with Gasteiger partial charge in [-0.25, -0.2) is 13.1 Å². The third-order valence-electron chi connectivity index (χ3n) is 3.73. The number of nitrogens with zero attached hydrogens (tertiary/aromatic N) is 1. The standard InChI is InChI=1S/C19H34N4O3S/c1-5-20-19(22-13-15-26-14-10-16(2)3)21-11-12-23-27(24,25)18-8-6-17(4)7-9-18/h6-9,16,23H,5,10-15H2,1-4H3,(H2,20,21,22). The Morgan fingerprint density at radius 3 is 2.44 bits per heavy atom. The zero-order chi connectivity index (χ0) is 20.1. The average Bonchev–Trinajstić information content (AvgIpc) is 2.61. The fraction of sp³-hybridized carbons (Fsp3) is 0.632. The molecule has 0 unspecified atom stereocenters. The number of ether oxygens (including phenoxy) is 1. The Morgan fingerprint density at radius 1 is 1.11 bits per heavy atom. The molecule has 0 saturated carbocycles. The van der Waals surface area contributed by atoms with E-state index in [9.17, 15) is 8.42 Å². The lowest BCUT2D eigenvalue weighted by atomic mass is 10.1. The van der Waals surface area contributed by atoms with Crippen molar-refractivity contribution in [2.45, 2.75) is 39.0 Å². The molecule has 0 spiro atoms. The zero-order valence-corrected chi connectivity index (χ0v) is 17.7. The molecule has 0 aliphatic carbocycles. The van der Waals surface area contributed by atoms with Crippen molar-refractivity contribution in [3.05, 3.63) is 29.8 Å². The van der Waals surface area contributed by atoms with Gasteiger partial charge >= 0.3 is 0 Å². The zero-order valence-electron chi connectivity index (χ0n) is 16.9. The summed E-state index contributed by atoms with van der Waals surface area (Å²) in [5.41, 5.74) is 1.02. The minimum Gasteiger partial charge on any atom is -0.380 e. The first-order valence-corrected chi connectivity index (χ1v) is 11.0. The van der Waals surface area contributed by atoms with E-state index in [4.69, 9.17) is 4.74 Å². The minimum absolute atomic E-state index is 0.234. The van der Waals surface area contributed by atoms with Gasteiger partial charge in [0, 0.05) is 26.2 Å². The van der Waals surface area contributed by atoms with Crippen LogP contribution in [0.1, 0.15) is 32.8 Å². The van der Waals surface area contributed by atoms with Gasteiger partial charge in [-0.15, -0.1) is 0 Å². The predicted octanol–water partition coefficient (Wildman–Crippen LogP) is 1.89. The Balaban J connectivity index is 2.36. The largest absolute Gasteiger partial charge is 0.380 e. The van der Waals surface area contributed by atoms with Crippen molar-refractivity contribution in [2.75, 3.05) is 39.4 Å². The second-order valence-corrected chi connectivity index (χ2v) is 8.46. The van der Waals surface area contributed by atoms with Gasteiger partial charge in [-0.2, -0.15) is 0 Å². The Labute approximate surface area is 164 Å².